The molecule has 0 saturated carbocycles. The second-order valence-electron chi connectivity index (χ2n) is 10.3. The highest BCUT2D eigenvalue weighted by Crippen LogP contribution is 2.19. The Hall–Kier alpha value is -4.75. The Morgan fingerprint density at radius 1 is 0.767 bits per heavy atom. The molecule has 3 amide bonds. The molecule has 0 spiro atoms. The molecule has 3 rings (SSSR count). The van der Waals surface area contributed by atoms with Crippen LogP contribution in [0.25, 0.3) is 10.9 Å². The van der Waals surface area contributed by atoms with Crippen LogP contribution in [0.1, 0.15) is 36.8 Å². The average molecular weight is 595 g/mol. The minimum Gasteiger partial charge on any atom is -0.481 e. The summed E-state index contributed by atoms with van der Waals surface area (Å²) in [5.41, 5.74) is 14.3. The molecular formula is C30H38N6O7. The lowest BCUT2D eigenvalue weighted by molar-refractivity contribution is -0.147. The molecule has 1 heterocycles. The first-order valence-corrected chi connectivity index (χ1v) is 14.0. The molecule has 0 radical (unpaired) electrons. The van der Waals surface area contributed by atoms with Crippen LogP contribution in [0.3, 0.4) is 0 Å². The van der Waals surface area contributed by atoms with Crippen molar-refractivity contribution in [1.29, 1.82) is 0 Å². The van der Waals surface area contributed by atoms with Crippen LogP contribution in [-0.2, 0) is 36.8 Å². The van der Waals surface area contributed by atoms with Gasteiger partial charge in [-0.25, -0.2) is 4.79 Å². The first-order valence-electron chi connectivity index (χ1n) is 14.0. The summed E-state index contributed by atoms with van der Waals surface area (Å²) in [6.45, 7) is 0.377. The Bertz CT molecular complexity index is 1410. The van der Waals surface area contributed by atoms with Gasteiger partial charge in [-0.1, -0.05) is 48.5 Å². The van der Waals surface area contributed by atoms with E-state index in [1.807, 2.05) is 24.3 Å². The maximum absolute atomic E-state index is 13.5. The van der Waals surface area contributed by atoms with Crippen LogP contribution in [0.2, 0.25) is 0 Å². The van der Waals surface area contributed by atoms with Gasteiger partial charge in [-0.15, -0.1) is 0 Å². The predicted octanol–water partition coefficient (Wildman–Crippen LogP) is 0.423. The van der Waals surface area contributed by atoms with Crippen molar-refractivity contribution < 1.29 is 34.2 Å². The lowest BCUT2D eigenvalue weighted by atomic mass is 10.0. The van der Waals surface area contributed by atoms with Crippen molar-refractivity contribution in [3.05, 3.63) is 71.9 Å². The van der Waals surface area contributed by atoms with E-state index in [4.69, 9.17) is 16.6 Å². The normalized spacial score (nSPS) is 13.8. The Morgan fingerprint density at radius 3 is 2.07 bits per heavy atom. The molecule has 13 heteroatoms. The number of carbonyl (C=O) groups is 5. The van der Waals surface area contributed by atoms with E-state index in [-0.39, 0.29) is 19.3 Å². The number of benzene rings is 2. The number of hydrogen-bond acceptors (Lipinski definition) is 7. The van der Waals surface area contributed by atoms with Crippen molar-refractivity contribution in [2.75, 3.05) is 6.54 Å². The first kappa shape index (κ1) is 32.8. The van der Waals surface area contributed by atoms with E-state index in [0.717, 1.165) is 16.5 Å². The zero-order chi connectivity index (χ0) is 31.4. The topological polar surface area (TPSA) is 230 Å². The van der Waals surface area contributed by atoms with Gasteiger partial charge in [0.05, 0.1) is 12.5 Å². The molecule has 0 fully saturated rings. The number of carboxylic acid groups (broad SMARTS) is 2. The van der Waals surface area contributed by atoms with Gasteiger partial charge < -0.3 is 42.6 Å². The number of unbranched alkanes of at least 4 members (excludes halogenated alkanes) is 1. The largest absolute Gasteiger partial charge is 0.481 e. The molecule has 43 heavy (non-hydrogen) atoms. The third-order valence-corrected chi connectivity index (χ3v) is 6.94. The standard InChI is InChI=1S/C30H38N6O7/c31-13-7-6-12-23(34-27(39)21(32)15-19-17-33-22-11-5-4-10-20(19)22)28(40)35-24(14-18-8-2-1-3-9-18)29(41)36-25(30(42)43)16-26(37)38/h1-5,8-11,17,21,23-25,33H,6-7,12-16,31-32H2,(H,34,39)(H,35,40)(H,36,41)(H,37,38)(H,42,43). The van der Waals surface area contributed by atoms with Crippen molar-refractivity contribution >= 4 is 40.6 Å². The maximum Gasteiger partial charge on any atom is 0.326 e. The third-order valence-electron chi connectivity index (χ3n) is 6.94. The fourth-order valence-electron chi connectivity index (χ4n) is 4.65. The highest BCUT2D eigenvalue weighted by Gasteiger charge is 2.31. The number of carboxylic acids is 2. The maximum atomic E-state index is 13.5. The van der Waals surface area contributed by atoms with Crippen molar-refractivity contribution in [2.24, 2.45) is 11.5 Å². The zero-order valence-corrected chi connectivity index (χ0v) is 23.6. The van der Waals surface area contributed by atoms with Crippen LogP contribution in [0.15, 0.2) is 60.8 Å². The molecule has 0 aliphatic rings. The van der Waals surface area contributed by atoms with Gasteiger partial charge in [0.25, 0.3) is 0 Å². The average Bonchev–Trinajstić information content (AvgIpc) is 3.38. The quantitative estimate of drug-likeness (QED) is 0.101. The Labute approximate surface area is 248 Å². The van der Waals surface area contributed by atoms with Gasteiger partial charge in [0, 0.05) is 23.5 Å². The Morgan fingerprint density at radius 2 is 1.40 bits per heavy atom. The number of aromatic nitrogens is 1. The molecule has 1 aromatic heterocycles. The van der Waals surface area contributed by atoms with E-state index in [1.165, 1.54) is 0 Å². The number of nitrogens with two attached hydrogens (primary N) is 2. The molecule has 2 aromatic carbocycles. The molecule has 230 valence electrons. The lowest BCUT2D eigenvalue weighted by Gasteiger charge is -2.25. The summed E-state index contributed by atoms with van der Waals surface area (Å²) < 4.78 is 0. The summed E-state index contributed by atoms with van der Waals surface area (Å²) in [6, 6.07) is 11.3. The Kier molecular flexibility index (Phi) is 12.2. The van der Waals surface area contributed by atoms with E-state index < -0.39 is 60.2 Å². The van der Waals surface area contributed by atoms with Crippen LogP contribution in [0.5, 0.6) is 0 Å². The van der Waals surface area contributed by atoms with E-state index in [1.54, 1.807) is 36.5 Å². The van der Waals surface area contributed by atoms with E-state index >= 15 is 0 Å². The number of hydrogen-bond donors (Lipinski definition) is 8. The predicted molar refractivity (Wildman–Crippen MR) is 159 cm³/mol. The van der Waals surface area contributed by atoms with E-state index in [0.29, 0.717) is 24.9 Å². The number of fused-ring (bicyclic) bond motifs is 1. The summed E-state index contributed by atoms with van der Waals surface area (Å²) in [5.74, 6) is -5.06. The van der Waals surface area contributed by atoms with Gasteiger partial charge in [-0.3, -0.25) is 19.2 Å². The van der Waals surface area contributed by atoms with Crippen LogP contribution in [0.4, 0.5) is 0 Å². The van der Waals surface area contributed by atoms with E-state index in [9.17, 15) is 29.1 Å². The van der Waals surface area contributed by atoms with Crippen LogP contribution < -0.4 is 27.4 Å². The van der Waals surface area contributed by atoms with E-state index in [2.05, 4.69) is 20.9 Å². The summed E-state index contributed by atoms with van der Waals surface area (Å²) in [4.78, 5) is 65.6. The second kappa shape index (κ2) is 16.0. The minimum atomic E-state index is -1.71. The van der Waals surface area contributed by atoms with Crippen molar-refractivity contribution in [3.8, 4) is 0 Å². The molecule has 0 aliphatic carbocycles. The third kappa shape index (κ3) is 9.94. The Balaban J connectivity index is 1.76. The highest BCUT2D eigenvalue weighted by atomic mass is 16.4. The molecule has 3 aromatic rings. The van der Waals surface area contributed by atoms with Gasteiger partial charge >= 0.3 is 11.9 Å². The fourth-order valence-corrected chi connectivity index (χ4v) is 4.65. The van der Waals surface area contributed by atoms with Gasteiger partial charge in [0.1, 0.15) is 18.1 Å². The lowest BCUT2D eigenvalue weighted by Crippen LogP contribution is -2.58. The number of carbonyl (C=O) groups excluding carboxylic acids is 3. The number of aliphatic carboxylic acids is 2. The summed E-state index contributed by atoms with van der Waals surface area (Å²) in [7, 11) is 0. The smallest absolute Gasteiger partial charge is 0.326 e. The van der Waals surface area contributed by atoms with Gasteiger partial charge in [-0.2, -0.15) is 0 Å². The van der Waals surface area contributed by atoms with Crippen molar-refractivity contribution in [1.82, 2.24) is 20.9 Å². The number of rotatable bonds is 17. The minimum absolute atomic E-state index is 0.0125. The van der Waals surface area contributed by atoms with Crippen molar-refractivity contribution in [3.63, 3.8) is 0 Å². The number of H-pyrrole nitrogens is 1. The van der Waals surface area contributed by atoms with Gasteiger partial charge in [0.2, 0.25) is 17.7 Å². The zero-order valence-electron chi connectivity index (χ0n) is 23.6. The fraction of sp³-hybridized carbons (Fsp3) is 0.367. The van der Waals surface area contributed by atoms with Crippen LogP contribution in [0, 0.1) is 0 Å². The molecule has 10 N–H and O–H groups in total. The molecule has 0 aliphatic heterocycles. The van der Waals surface area contributed by atoms with Gasteiger partial charge in [0.15, 0.2) is 0 Å². The molecule has 13 nitrogen and oxygen atoms in total. The molecule has 4 atom stereocenters. The summed E-state index contributed by atoms with van der Waals surface area (Å²) in [5, 5.41) is 26.9. The first-order chi connectivity index (χ1) is 20.6. The molecule has 0 saturated heterocycles. The summed E-state index contributed by atoms with van der Waals surface area (Å²) in [6.07, 6.45) is 2.44. The molecular weight excluding hydrogens is 556 g/mol. The van der Waals surface area contributed by atoms with Crippen LogP contribution in [-0.4, -0.2) is 75.6 Å². The summed E-state index contributed by atoms with van der Waals surface area (Å²) >= 11 is 0. The SMILES string of the molecule is NCCCCC(NC(=O)C(N)Cc1c[nH]c2ccccc12)C(=O)NC(Cc1ccccc1)C(=O)NC(CC(=O)O)C(=O)O. The van der Waals surface area contributed by atoms with Crippen LogP contribution >= 0.6 is 0 Å². The number of para-hydroxylation sites is 1. The van der Waals surface area contributed by atoms with Crippen molar-refractivity contribution in [2.45, 2.75) is 62.7 Å². The highest BCUT2D eigenvalue weighted by molar-refractivity contribution is 5.95. The molecule has 4 unspecified atom stereocenters. The number of nitrogens with one attached hydrogen (secondary N) is 4. The number of amides is 3. The van der Waals surface area contributed by atoms with Gasteiger partial charge in [-0.05, 0) is 49.4 Å². The molecule has 0 bridgehead atoms. The second-order valence-corrected chi connectivity index (χ2v) is 10.3. The number of aromatic amines is 1. The monoisotopic (exact) mass is 594 g/mol.